The Hall–Kier alpha value is -1.01. The van der Waals surface area contributed by atoms with Gasteiger partial charge in [-0.15, -0.1) is 0 Å². The van der Waals surface area contributed by atoms with E-state index in [0.717, 1.165) is 30.4 Å². The Morgan fingerprint density at radius 3 is 2.47 bits per heavy atom. The lowest BCUT2D eigenvalue weighted by molar-refractivity contribution is 0.846. The highest BCUT2D eigenvalue weighted by Gasteiger charge is 2.44. The van der Waals surface area contributed by atoms with E-state index in [1.54, 1.807) is 0 Å². The first-order chi connectivity index (χ1) is 8.30. The van der Waals surface area contributed by atoms with E-state index in [0.29, 0.717) is 0 Å². The van der Waals surface area contributed by atoms with Crippen molar-refractivity contribution >= 4 is 21.6 Å². The number of hydrogen-bond donors (Lipinski definition) is 1. The van der Waals surface area contributed by atoms with Gasteiger partial charge in [-0.05, 0) is 43.4 Å². The molecular formula is C14H17BrN2. The number of halogens is 1. The first kappa shape index (κ1) is 12.4. The van der Waals surface area contributed by atoms with E-state index in [-0.39, 0.29) is 5.41 Å². The fourth-order valence-corrected chi connectivity index (χ4v) is 2.35. The highest BCUT2D eigenvalue weighted by Crippen LogP contribution is 2.47. The summed E-state index contributed by atoms with van der Waals surface area (Å²) >= 11 is 3.42. The molecule has 1 N–H and O–H groups in total. The van der Waals surface area contributed by atoms with E-state index < -0.39 is 0 Å². The molecule has 2 nitrogen and oxygen atoms in total. The van der Waals surface area contributed by atoms with Crippen molar-refractivity contribution < 1.29 is 0 Å². The molecule has 0 heterocycles. The van der Waals surface area contributed by atoms with Crippen LogP contribution in [0.1, 0.15) is 31.2 Å². The Bertz CT molecular complexity index is 401. The highest BCUT2D eigenvalue weighted by molar-refractivity contribution is 9.09. The maximum atomic E-state index is 9.11. The topological polar surface area (TPSA) is 35.8 Å². The summed E-state index contributed by atoms with van der Waals surface area (Å²) in [5.41, 5.74) is 2.16. The minimum Gasteiger partial charge on any atom is -0.385 e. The normalized spacial score (nSPS) is 16.2. The Balaban J connectivity index is 1.88. The van der Waals surface area contributed by atoms with Crippen LogP contribution in [-0.4, -0.2) is 11.9 Å². The zero-order valence-electron chi connectivity index (χ0n) is 9.88. The van der Waals surface area contributed by atoms with Crippen LogP contribution in [0.3, 0.4) is 0 Å². The SMILES string of the molecule is N#CC1(c2ccc(NCCCCBr)cc2)CC1. The molecule has 0 saturated heterocycles. The Morgan fingerprint density at radius 2 is 1.94 bits per heavy atom. The number of nitriles is 1. The molecule has 1 aliphatic carbocycles. The molecule has 90 valence electrons. The quantitative estimate of drug-likeness (QED) is 0.639. The molecule has 0 unspecified atom stereocenters. The van der Waals surface area contributed by atoms with Gasteiger partial charge in [0.2, 0.25) is 0 Å². The fraction of sp³-hybridized carbons (Fsp3) is 0.500. The van der Waals surface area contributed by atoms with Gasteiger partial charge in [0.15, 0.2) is 0 Å². The summed E-state index contributed by atoms with van der Waals surface area (Å²) in [7, 11) is 0. The summed E-state index contributed by atoms with van der Waals surface area (Å²) in [5.74, 6) is 0. The Morgan fingerprint density at radius 1 is 1.24 bits per heavy atom. The third-order valence-corrected chi connectivity index (χ3v) is 3.85. The number of alkyl halides is 1. The van der Waals surface area contributed by atoms with Crippen molar-refractivity contribution in [1.82, 2.24) is 0 Å². The van der Waals surface area contributed by atoms with Crippen LogP contribution in [0.4, 0.5) is 5.69 Å². The van der Waals surface area contributed by atoms with Gasteiger partial charge < -0.3 is 5.32 Å². The lowest BCUT2D eigenvalue weighted by Crippen LogP contribution is -2.04. The minimum atomic E-state index is -0.158. The van der Waals surface area contributed by atoms with Gasteiger partial charge in [-0.25, -0.2) is 0 Å². The number of benzene rings is 1. The second-order valence-electron chi connectivity index (χ2n) is 4.59. The molecule has 0 aliphatic heterocycles. The standard InChI is InChI=1S/C14H17BrN2/c15-9-1-2-10-17-13-5-3-12(4-6-13)14(11-16)7-8-14/h3-6,17H,1-2,7-10H2. The van der Waals surface area contributed by atoms with Crippen molar-refractivity contribution in [2.75, 3.05) is 17.2 Å². The molecule has 0 bridgehead atoms. The van der Waals surface area contributed by atoms with Gasteiger partial charge in [0, 0.05) is 17.6 Å². The van der Waals surface area contributed by atoms with Crippen LogP contribution >= 0.6 is 15.9 Å². The lowest BCUT2D eigenvalue weighted by atomic mass is 9.98. The zero-order chi connectivity index (χ0) is 12.1. The van der Waals surface area contributed by atoms with Crippen LogP contribution in [0, 0.1) is 11.3 Å². The van der Waals surface area contributed by atoms with E-state index in [2.05, 4.69) is 51.6 Å². The summed E-state index contributed by atoms with van der Waals surface area (Å²) in [6, 6.07) is 10.8. The third kappa shape index (κ3) is 3.01. The molecule has 0 radical (unpaired) electrons. The van der Waals surface area contributed by atoms with Crippen molar-refractivity contribution in [2.45, 2.75) is 31.1 Å². The van der Waals surface area contributed by atoms with Gasteiger partial charge >= 0.3 is 0 Å². The van der Waals surface area contributed by atoms with Crippen molar-refractivity contribution in [1.29, 1.82) is 5.26 Å². The van der Waals surface area contributed by atoms with Crippen molar-refractivity contribution in [3.05, 3.63) is 29.8 Å². The number of rotatable bonds is 6. The molecule has 0 spiro atoms. The molecule has 1 aliphatic rings. The maximum Gasteiger partial charge on any atom is 0.0823 e. The predicted molar refractivity (Wildman–Crippen MR) is 74.5 cm³/mol. The van der Waals surface area contributed by atoms with Gasteiger partial charge in [-0.1, -0.05) is 28.1 Å². The van der Waals surface area contributed by atoms with Crippen molar-refractivity contribution in [3.63, 3.8) is 0 Å². The van der Waals surface area contributed by atoms with Gasteiger partial charge in [0.1, 0.15) is 0 Å². The largest absolute Gasteiger partial charge is 0.385 e. The number of hydrogen-bond acceptors (Lipinski definition) is 2. The fourth-order valence-electron chi connectivity index (χ4n) is 1.95. The molecule has 0 atom stereocenters. The van der Waals surface area contributed by atoms with E-state index in [1.165, 1.54) is 18.4 Å². The average molecular weight is 293 g/mol. The van der Waals surface area contributed by atoms with Crippen LogP contribution < -0.4 is 5.32 Å². The molecule has 1 aromatic carbocycles. The van der Waals surface area contributed by atoms with Crippen LogP contribution in [0.15, 0.2) is 24.3 Å². The van der Waals surface area contributed by atoms with Gasteiger partial charge in [-0.2, -0.15) is 5.26 Å². The van der Waals surface area contributed by atoms with Crippen LogP contribution in [0.25, 0.3) is 0 Å². The average Bonchev–Trinajstić information content (AvgIpc) is 3.16. The second-order valence-corrected chi connectivity index (χ2v) is 5.39. The molecule has 2 rings (SSSR count). The van der Waals surface area contributed by atoms with E-state index in [1.807, 2.05) is 0 Å². The summed E-state index contributed by atoms with van der Waals surface area (Å²) in [4.78, 5) is 0. The van der Waals surface area contributed by atoms with Gasteiger partial charge in [0.05, 0.1) is 11.5 Å². The predicted octanol–water partition coefficient (Wildman–Crippen LogP) is 3.83. The molecule has 1 aromatic rings. The first-order valence-corrected chi connectivity index (χ1v) is 7.24. The summed E-state index contributed by atoms with van der Waals surface area (Å²) in [6.45, 7) is 1.01. The molecule has 1 fully saturated rings. The second kappa shape index (κ2) is 5.55. The Kier molecular flexibility index (Phi) is 4.06. The van der Waals surface area contributed by atoms with Gasteiger partial charge in [0.25, 0.3) is 0 Å². The Labute approximate surface area is 111 Å². The molecule has 1 saturated carbocycles. The maximum absolute atomic E-state index is 9.11. The number of anilines is 1. The lowest BCUT2D eigenvalue weighted by Gasteiger charge is -2.09. The molecule has 0 aromatic heterocycles. The van der Waals surface area contributed by atoms with E-state index in [9.17, 15) is 0 Å². The number of nitrogens with zero attached hydrogens (tertiary/aromatic N) is 1. The van der Waals surface area contributed by atoms with E-state index >= 15 is 0 Å². The third-order valence-electron chi connectivity index (χ3n) is 3.29. The summed E-state index contributed by atoms with van der Waals surface area (Å²) in [5, 5.41) is 13.6. The minimum absolute atomic E-state index is 0.158. The highest BCUT2D eigenvalue weighted by atomic mass is 79.9. The van der Waals surface area contributed by atoms with Crippen LogP contribution in [-0.2, 0) is 5.41 Å². The van der Waals surface area contributed by atoms with Crippen molar-refractivity contribution in [2.24, 2.45) is 0 Å². The summed E-state index contributed by atoms with van der Waals surface area (Å²) in [6.07, 6.45) is 4.40. The number of nitrogens with one attached hydrogen (secondary N) is 1. The van der Waals surface area contributed by atoms with E-state index in [4.69, 9.17) is 5.26 Å². The molecule has 17 heavy (non-hydrogen) atoms. The monoisotopic (exact) mass is 292 g/mol. The zero-order valence-corrected chi connectivity index (χ0v) is 11.5. The molecule has 0 amide bonds. The first-order valence-electron chi connectivity index (χ1n) is 6.12. The summed E-state index contributed by atoms with van der Waals surface area (Å²) < 4.78 is 0. The smallest absolute Gasteiger partial charge is 0.0823 e. The van der Waals surface area contributed by atoms with Crippen LogP contribution in [0.5, 0.6) is 0 Å². The van der Waals surface area contributed by atoms with Gasteiger partial charge in [-0.3, -0.25) is 0 Å². The number of unbranched alkanes of at least 4 members (excludes halogenated alkanes) is 1. The molecular weight excluding hydrogens is 276 g/mol. The molecule has 3 heteroatoms. The van der Waals surface area contributed by atoms with Crippen LogP contribution in [0.2, 0.25) is 0 Å². The van der Waals surface area contributed by atoms with Crippen molar-refractivity contribution in [3.8, 4) is 6.07 Å².